The summed E-state index contributed by atoms with van der Waals surface area (Å²) in [5.74, 6) is -1.13. The van der Waals surface area contributed by atoms with Crippen molar-refractivity contribution < 1.29 is 23.8 Å². The first-order chi connectivity index (χ1) is 17.2. The number of carboxylic acids is 1. The molecular weight excluding hydrogens is 546 g/mol. The topological polar surface area (TPSA) is 87.7 Å². The third kappa shape index (κ3) is 7.96. The van der Waals surface area contributed by atoms with Crippen LogP contribution in [-0.4, -0.2) is 45.0 Å². The quantitative estimate of drug-likeness (QED) is 0.282. The van der Waals surface area contributed by atoms with E-state index in [1.807, 2.05) is 12.1 Å². The number of carboxylic acid groups (broad SMARTS) is 1. The fourth-order valence-electron chi connectivity index (χ4n) is 4.64. The van der Waals surface area contributed by atoms with Gasteiger partial charge in [-0.3, -0.25) is 0 Å². The van der Waals surface area contributed by atoms with Crippen molar-refractivity contribution >= 4 is 54.0 Å². The Morgan fingerprint density at radius 2 is 1.81 bits per heavy atom. The zero-order chi connectivity index (χ0) is 26.2. The van der Waals surface area contributed by atoms with Gasteiger partial charge in [0.15, 0.2) is 0 Å². The van der Waals surface area contributed by atoms with E-state index in [4.69, 9.17) is 16.3 Å². The van der Waals surface area contributed by atoms with Gasteiger partial charge in [-0.2, -0.15) is 0 Å². The number of nitrogens with one attached hydrogen (secondary N) is 2. The van der Waals surface area contributed by atoms with Gasteiger partial charge in [0.1, 0.15) is 0 Å². The zero-order valence-electron chi connectivity index (χ0n) is 21.0. The van der Waals surface area contributed by atoms with Crippen molar-refractivity contribution in [3.63, 3.8) is 0 Å². The molecule has 2 unspecified atom stereocenters. The van der Waals surface area contributed by atoms with Crippen LogP contribution in [0.15, 0.2) is 36.4 Å². The van der Waals surface area contributed by atoms with Crippen molar-refractivity contribution in [1.29, 1.82) is 0 Å². The SMILES string of the molecule is COC(Cc1ccc([As](CC(C)C)C2CCCCC2)c(NC(=O)Nc2ccc(Cl)cc2F)c1)C(=O)O. The molecule has 0 saturated heterocycles. The Hall–Kier alpha value is -2.08. The predicted octanol–water partition coefficient (Wildman–Crippen LogP) is 6.46. The average Bonchev–Trinajstić information content (AvgIpc) is 2.83. The van der Waals surface area contributed by atoms with Crippen LogP contribution in [0.4, 0.5) is 20.6 Å². The number of carbonyl (C=O) groups is 2. The van der Waals surface area contributed by atoms with E-state index in [2.05, 4.69) is 30.5 Å². The van der Waals surface area contributed by atoms with Gasteiger partial charge in [0.05, 0.1) is 0 Å². The molecule has 0 aromatic heterocycles. The van der Waals surface area contributed by atoms with Crippen LogP contribution in [0.1, 0.15) is 51.5 Å². The molecule has 2 amide bonds. The van der Waals surface area contributed by atoms with Gasteiger partial charge in [-0.05, 0) is 0 Å². The minimum atomic E-state index is -1.58. The van der Waals surface area contributed by atoms with E-state index in [-0.39, 0.29) is 17.1 Å². The number of urea groups is 1. The Labute approximate surface area is 222 Å². The first kappa shape index (κ1) is 28.5. The van der Waals surface area contributed by atoms with Crippen LogP contribution < -0.4 is 15.0 Å². The summed E-state index contributed by atoms with van der Waals surface area (Å²) in [5.41, 5.74) is 1.46. The van der Waals surface area contributed by atoms with E-state index in [1.54, 1.807) is 0 Å². The van der Waals surface area contributed by atoms with Gasteiger partial charge in [0.25, 0.3) is 0 Å². The second-order valence-electron chi connectivity index (χ2n) is 9.66. The first-order valence-electron chi connectivity index (χ1n) is 12.4. The molecule has 6 nitrogen and oxygen atoms in total. The van der Waals surface area contributed by atoms with E-state index in [0.717, 1.165) is 16.8 Å². The second kappa shape index (κ2) is 13.5. The molecule has 0 aliphatic heterocycles. The van der Waals surface area contributed by atoms with E-state index in [9.17, 15) is 19.1 Å². The van der Waals surface area contributed by atoms with Crippen molar-refractivity contribution in [3.8, 4) is 0 Å². The van der Waals surface area contributed by atoms with Crippen molar-refractivity contribution in [3.05, 3.63) is 52.8 Å². The zero-order valence-corrected chi connectivity index (χ0v) is 23.7. The first-order valence-corrected chi connectivity index (χ1v) is 16.1. The number of benzene rings is 2. The molecular formula is C27H35AsClFN2O4. The Balaban J connectivity index is 1.95. The number of hydrogen-bond acceptors (Lipinski definition) is 3. The molecule has 2 atom stereocenters. The Morgan fingerprint density at radius 1 is 1.11 bits per heavy atom. The fourth-order valence-corrected chi connectivity index (χ4v) is 11.9. The molecule has 36 heavy (non-hydrogen) atoms. The number of rotatable bonds is 10. The van der Waals surface area contributed by atoms with Crippen LogP contribution >= 0.6 is 11.6 Å². The molecule has 196 valence electrons. The summed E-state index contributed by atoms with van der Waals surface area (Å²) >= 11 is 4.25. The molecule has 2 aromatic rings. The van der Waals surface area contributed by atoms with Crippen LogP contribution in [0.3, 0.4) is 0 Å². The Kier molecular flexibility index (Phi) is 10.7. The molecule has 0 bridgehead atoms. The van der Waals surface area contributed by atoms with Crippen molar-refractivity contribution in [2.24, 2.45) is 5.92 Å². The molecule has 0 spiro atoms. The average molecular weight is 581 g/mol. The Morgan fingerprint density at radius 3 is 2.42 bits per heavy atom. The number of anilines is 2. The Bertz CT molecular complexity index is 1060. The number of amides is 2. The summed E-state index contributed by atoms with van der Waals surface area (Å²) in [4.78, 5) is 24.5. The summed E-state index contributed by atoms with van der Waals surface area (Å²) in [6, 6.07) is 9.40. The minimum absolute atomic E-state index is 0.0313. The number of carbonyl (C=O) groups excluding carboxylic acids is 1. The van der Waals surface area contributed by atoms with Gasteiger partial charge in [-0.15, -0.1) is 0 Å². The van der Waals surface area contributed by atoms with Gasteiger partial charge < -0.3 is 0 Å². The maximum absolute atomic E-state index is 14.3. The van der Waals surface area contributed by atoms with Crippen molar-refractivity contribution in [2.45, 2.75) is 68.4 Å². The van der Waals surface area contributed by atoms with Crippen LogP contribution in [0.5, 0.6) is 0 Å². The summed E-state index contributed by atoms with van der Waals surface area (Å²) < 4.78 is 21.2. The molecule has 1 saturated carbocycles. The fraction of sp³-hybridized carbons (Fsp3) is 0.481. The van der Waals surface area contributed by atoms with Crippen LogP contribution in [0, 0.1) is 11.7 Å². The maximum atomic E-state index is 14.3. The van der Waals surface area contributed by atoms with E-state index >= 15 is 0 Å². The number of halogens is 2. The van der Waals surface area contributed by atoms with Crippen LogP contribution in [-0.2, 0) is 16.0 Å². The van der Waals surface area contributed by atoms with E-state index < -0.39 is 38.6 Å². The van der Waals surface area contributed by atoms with Gasteiger partial charge >= 0.3 is 223 Å². The molecule has 0 heterocycles. The molecule has 3 N–H and O–H groups in total. The molecule has 9 heteroatoms. The van der Waals surface area contributed by atoms with E-state index in [0.29, 0.717) is 16.3 Å². The third-order valence-electron chi connectivity index (χ3n) is 6.36. The van der Waals surface area contributed by atoms with Crippen molar-refractivity contribution in [1.82, 2.24) is 0 Å². The third-order valence-corrected chi connectivity index (χ3v) is 14.0. The van der Waals surface area contributed by atoms with Gasteiger partial charge in [0, 0.05) is 0 Å². The molecule has 1 aliphatic rings. The standard InChI is InChI=1S/C27H35AsClFN2O4/c1-17(2)16-28(19-7-5-4-6-8-19)21-11-9-18(14-25(36-3)26(33)34)13-24(21)32-27(35)31-23-12-10-20(29)15-22(23)30/h9-13,15,17,19,25H,4-8,14,16H2,1-3H3,(H,33,34)(H2,31,32,35). The summed E-state index contributed by atoms with van der Waals surface area (Å²) in [5, 5.41) is 16.3. The molecule has 1 aliphatic carbocycles. The van der Waals surface area contributed by atoms with Crippen molar-refractivity contribution in [2.75, 3.05) is 17.7 Å². The monoisotopic (exact) mass is 580 g/mol. The number of aliphatic carboxylic acids is 1. The van der Waals surface area contributed by atoms with E-state index in [1.165, 1.54) is 55.7 Å². The number of hydrogen-bond donors (Lipinski definition) is 3. The van der Waals surface area contributed by atoms with Gasteiger partial charge in [0.2, 0.25) is 0 Å². The van der Waals surface area contributed by atoms with Crippen LogP contribution in [0.25, 0.3) is 0 Å². The molecule has 0 radical (unpaired) electrons. The number of ether oxygens (including phenoxy) is 1. The molecule has 3 rings (SSSR count). The van der Waals surface area contributed by atoms with Crippen LogP contribution in [0.2, 0.25) is 14.9 Å². The molecule has 1 fully saturated rings. The number of methoxy groups -OCH3 is 1. The molecule has 2 aromatic carbocycles. The van der Waals surface area contributed by atoms with Gasteiger partial charge in [-0.1, -0.05) is 0 Å². The van der Waals surface area contributed by atoms with Gasteiger partial charge in [-0.25, -0.2) is 0 Å². The predicted molar refractivity (Wildman–Crippen MR) is 144 cm³/mol. The summed E-state index contributed by atoms with van der Waals surface area (Å²) in [6.45, 7) is 4.47. The second-order valence-corrected chi connectivity index (χ2v) is 15.4. The normalized spacial score (nSPS) is 15.9. The summed E-state index contributed by atoms with van der Waals surface area (Å²) in [7, 11) is 1.37. The summed E-state index contributed by atoms with van der Waals surface area (Å²) in [6.07, 6.45) is 5.35.